The summed E-state index contributed by atoms with van der Waals surface area (Å²) in [6.45, 7) is 1.88. The van der Waals surface area contributed by atoms with E-state index >= 15 is 0 Å². The van der Waals surface area contributed by atoms with Crippen molar-refractivity contribution in [2.75, 3.05) is 5.32 Å². The second kappa shape index (κ2) is 5.71. The van der Waals surface area contributed by atoms with Gasteiger partial charge in [-0.25, -0.2) is 0 Å². The summed E-state index contributed by atoms with van der Waals surface area (Å²) in [5.41, 5.74) is 7.82. The van der Waals surface area contributed by atoms with Crippen LogP contribution in [0.25, 0.3) is 0 Å². The number of nitrogens with zero attached hydrogens (tertiary/aromatic N) is 1. The summed E-state index contributed by atoms with van der Waals surface area (Å²) in [4.78, 5) is 15.7. The van der Waals surface area contributed by atoms with Gasteiger partial charge in [-0.3, -0.25) is 9.78 Å². The van der Waals surface area contributed by atoms with Gasteiger partial charge in [0.2, 0.25) is 5.91 Å². The SMILES string of the molecule is Cc1ccc(C(Nc2ccc(Cl)cc2)C(N)=O)cn1. The number of rotatable bonds is 4. The van der Waals surface area contributed by atoms with Crippen LogP contribution in [0.1, 0.15) is 17.3 Å². The highest BCUT2D eigenvalue weighted by Gasteiger charge is 2.17. The zero-order chi connectivity index (χ0) is 13.8. The Bertz CT molecular complexity index is 566. The molecule has 0 spiro atoms. The van der Waals surface area contributed by atoms with Gasteiger partial charge in [-0.05, 0) is 37.3 Å². The first-order chi connectivity index (χ1) is 9.06. The molecule has 1 amide bonds. The van der Waals surface area contributed by atoms with E-state index in [9.17, 15) is 4.79 Å². The Balaban J connectivity index is 2.23. The lowest BCUT2D eigenvalue weighted by molar-refractivity contribution is -0.118. The summed E-state index contributed by atoms with van der Waals surface area (Å²) >= 11 is 5.82. The molecule has 0 aliphatic carbocycles. The topological polar surface area (TPSA) is 68.0 Å². The van der Waals surface area contributed by atoms with E-state index in [2.05, 4.69) is 10.3 Å². The highest BCUT2D eigenvalue weighted by atomic mass is 35.5. The van der Waals surface area contributed by atoms with E-state index in [4.69, 9.17) is 17.3 Å². The maximum absolute atomic E-state index is 11.6. The van der Waals surface area contributed by atoms with Gasteiger partial charge in [-0.15, -0.1) is 0 Å². The monoisotopic (exact) mass is 275 g/mol. The Labute approximate surface area is 116 Å². The Morgan fingerprint density at radius 2 is 1.95 bits per heavy atom. The van der Waals surface area contributed by atoms with Gasteiger partial charge in [0.05, 0.1) is 0 Å². The van der Waals surface area contributed by atoms with E-state index in [-0.39, 0.29) is 0 Å². The summed E-state index contributed by atoms with van der Waals surface area (Å²) in [6, 6.07) is 10.1. The smallest absolute Gasteiger partial charge is 0.244 e. The van der Waals surface area contributed by atoms with E-state index in [1.807, 2.05) is 19.1 Å². The molecule has 1 aromatic carbocycles. The predicted octanol–water partition coefficient (Wildman–Crippen LogP) is 2.68. The highest BCUT2D eigenvalue weighted by molar-refractivity contribution is 6.30. The average Bonchev–Trinajstić information content (AvgIpc) is 2.39. The molecule has 2 aromatic rings. The largest absolute Gasteiger partial charge is 0.370 e. The lowest BCUT2D eigenvalue weighted by Crippen LogP contribution is -2.27. The number of hydrogen-bond acceptors (Lipinski definition) is 3. The number of aryl methyl sites for hydroxylation is 1. The standard InChI is InChI=1S/C14H14ClN3O/c1-9-2-3-10(8-17-9)13(14(16)19)18-12-6-4-11(15)5-7-12/h2-8,13,18H,1H3,(H2,16,19). The summed E-state index contributed by atoms with van der Waals surface area (Å²) in [7, 11) is 0. The molecule has 2 rings (SSSR count). The normalized spacial score (nSPS) is 11.9. The van der Waals surface area contributed by atoms with E-state index < -0.39 is 11.9 Å². The number of carbonyl (C=O) groups is 1. The van der Waals surface area contributed by atoms with Crippen molar-refractivity contribution >= 4 is 23.2 Å². The lowest BCUT2D eigenvalue weighted by Gasteiger charge is -2.17. The fourth-order valence-corrected chi connectivity index (χ4v) is 1.81. The molecule has 0 radical (unpaired) electrons. The van der Waals surface area contributed by atoms with Crippen molar-refractivity contribution in [2.24, 2.45) is 5.73 Å². The molecule has 1 atom stereocenters. The number of aromatic nitrogens is 1. The van der Waals surface area contributed by atoms with Gasteiger partial charge in [-0.2, -0.15) is 0 Å². The van der Waals surface area contributed by atoms with Crippen molar-refractivity contribution in [2.45, 2.75) is 13.0 Å². The molecule has 5 heteroatoms. The quantitative estimate of drug-likeness (QED) is 0.901. The van der Waals surface area contributed by atoms with E-state index in [1.165, 1.54) is 0 Å². The fraction of sp³-hybridized carbons (Fsp3) is 0.143. The number of benzene rings is 1. The minimum Gasteiger partial charge on any atom is -0.370 e. The number of anilines is 1. The van der Waals surface area contributed by atoms with Gasteiger partial charge >= 0.3 is 0 Å². The Hall–Kier alpha value is -2.07. The third kappa shape index (κ3) is 3.45. The van der Waals surface area contributed by atoms with Crippen LogP contribution in [0.5, 0.6) is 0 Å². The maximum Gasteiger partial charge on any atom is 0.244 e. The number of carbonyl (C=O) groups excluding carboxylic acids is 1. The highest BCUT2D eigenvalue weighted by Crippen LogP contribution is 2.20. The maximum atomic E-state index is 11.6. The molecule has 4 nitrogen and oxygen atoms in total. The molecule has 0 aliphatic rings. The predicted molar refractivity (Wildman–Crippen MR) is 76.0 cm³/mol. The molecule has 98 valence electrons. The Morgan fingerprint density at radius 3 is 2.47 bits per heavy atom. The number of nitrogens with two attached hydrogens (primary N) is 1. The van der Waals surface area contributed by atoms with Crippen LogP contribution in [0, 0.1) is 6.92 Å². The molecule has 3 N–H and O–H groups in total. The van der Waals surface area contributed by atoms with Crippen molar-refractivity contribution in [3.8, 4) is 0 Å². The molecule has 0 bridgehead atoms. The van der Waals surface area contributed by atoms with Crippen molar-refractivity contribution in [3.63, 3.8) is 0 Å². The van der Waals surface area contributed by atoms with Gasteiger partial charge < -0.3 is 11.1 Å². The lowest BCUT2D eigenvalue weighted by atomic mass is 10.1. The third-order valence-corrected chi connectivity index (χ3v) is 2.96. The number of amides is 1. The molecule has 1 heterocycles. The second-order valence-corrected chi connectivity index (χ2v) is 4.66. The van der Waals surface area contributed by atoms with Crippen LogP contribution >= 0.6 is 11.6 Å². The Kier molecular flexibility index (Phi) is 4.02. The molecule has 0 fully saturated rings. The summed E-state index contributed by atoms with van der Waals surface area (Å²) in [6.07, 6.45) is 1.65. The number of hydrogen-bond donors (Lipinski definition) is 2. The van der Waals surface area contributed by atoms with Crippen LogP contribution in [0.4, 0.5) is 5.69 Å². The first-order valence-electron chi connectivity index (χ1n) is 5.80. The molecule has 19 heavy (non-hydrogen) atoms. The zero-order valence-electron chi connectivity index (χ0n) is 10.4. The average molecular weight is 276 g/mol. The van der Waals surface area contributed by atoms with Gasteiger partial charge in [0, 0.05) is 28.2 Å². The zero-order valence-corrected chi connectivity index (χ0v) is 11.2. The molecule has 1 aromatic heterocycles. The van der Waals surface area contributed by atoms with Crippen LogP contribution in [-0.4, -0.2) is 10.9 Å². The molecule has 1 unspecified atom stereocenters. The van der Waals surface area contributed by atoms with Crippen LogP contribution in [-0.2, 0) is 4.79 Å². The fourth-order valence-electron chi connectivity index (χ4n) is 1.68. The number of pyridine rings is 1. The number of nitrogens with one attached hydrogen (secondary N) is 1. The van der Waals surface area contributed by atoms with Crippen molar-refractivity contribution in [3.05, 3.63) is 58.9 Å². The van der Waals surface area contributed by atoms with Gasteiger partial charge in [-0.1, -0.05) is 17.7 Å². The first-order valence-corrected chi connectivity index (χ1v) is 6.18. The van der Waals surface area contributed by atoms with Crippen LogP contribution < -0.4 is 11.1 Å². The summed E-state index contributed by atoms with van der Waals surface area (Å²) in [5.74, 6) is -0.458. The van der Waals surface area contributed by atoms with E-state index in [0.717, 1.165) is 16.9 Å². The first kappa shape index (κ1) is 13.4. The molecular formula is C14H14ClN3O. The summed E-state index contributed by atoms with van der Waals surface area (Å²) < 4.78 is 0. The Morgan fingerprint density at radius 1 is 1.26 bits per heavy atom. The number of halogens is 1. The van der Waals surface area contributed by atoms with Gasteiger partial charge in [0.25, 0.3) is 0 Å². The van der Waals surface area contributed by atoms with E-state index in [1.54, 1.807) is 30.5 Å². The van der Waals surface area contributed by atoms with Crippen LogP contribution in [0.3, 0.4) is 0 Å². The molecule has 0 saturated heterocycles. The molecule has 0 saturated carbocycles. The van der Waals surface area contributed by atoms with Crippen LogP contribution in [0.2, 0.25) is 5.02 Å². The van der Waals surface area contributed by atoms with E-state index in [0.29, 0.717) is 5.02 Å². The van der Waals surface area contributed by atoms with Crippen LogP contribution in [0.15, 0.2) is 42.6 Å². The van der Waals surface area contributed by atoms with Gasteiger partial charge in [0.1, 0.15) is 6.04 Å². The van der Waals surface area contributed by atoms with Crippen molar-refractivity contribution in [1.29, 1.82) is 0 Å². The third-order valence-electron chi connectivity index (χ3n) is 2.71. The van der Waals surface area contributed by atoms with Crippen molar-refractivity contribution < 1.29 is 4.79 Å². The second-order valence-electron chi connectivity index (χ2n) is 4.22. The minimum absolute atomic E-state index is 0.458. The van der Waals surface area contributed by atoms with Gasteiger partial charge in [0.15, 0.2) is 0 Å². The number of primary amides is 1. The molecule has 0 aliphatic heterocycles. The van der Waals surface area contributed by atoms with Crippen molar-refractivity contribution in [1.82, 2.24) is 4.98 Å². The summed E-state index contributed by atoms with van der Waals surface area (Å²) in [5, 5.41) is 3.71. The minimum atomic E-state index is -0.616. The molecular weight excluding hydrogens is 262 g/mol.